The molecule has 0 radical (unpaired) electrons. The molecule has 84 valence electrons. The van der Waals surface area contributed by atoms with Gasteiger partial charge in [-0.15, -0.1) is 0 Å². The highest BCUT2D eigenvalue weighted by molar-refractivity contribution is 9.10. The summed E-state index contributed by atoms with van der Waals surface area (Å²) in [7, 11) is 0. The lowest BCUT2D eigenvalue weighted by Crippen LogP contribution is -2.28. The molecule has 0 amide bonds. The second-order valence-electron chi connectivity index (χ2n) is 3.30. The molecule has 1 heterocycles. The zero-order chi connectivity index (χ0) is 11.5. The van der Waals surface area contributed by atoms with Gasteiger partial charge in [0.25, 0.3) is 0 Å². The van der Waals surface area contributed by atoms with Gasteiger partial charge in [0.2, 0.25) is 0 Å². The highest BCUT2D eigenvalue weighted by Gasteiger charge is 2.16. The van der Waals surface area contributed by atoms with Gasteiger partial charge in [0.1, 0.15) is 17.6 Å². The first-order chi connectivity index (χ1) is 7.70. The van der Waals surface area contributed by atoms with Crippen molar-refractivity contribution in [2.75, 3.05) is 0 Å². The minimum Gasteiger partial charge on any atom is -0.452 e. The molecule has 2 rings (SSSR count). The number of furan rings is 1. The van der Waals surface area contributed by atoms with Gasteiger partial charge in [-0.1, -0.05) is 12.1 Å². The van der Waals surface area contributed by atoms with E-state index in [4.69, 9.17) is 10.3 Å². The third-order valence-corrected chi connectivity index (χ3v) is 2.65. The molecule has 0 saturated heterocycles. The molecular formula is C11H10BrFN2O. The first-order valence-corrected chi connectivity index (χ1v) is 5.47. The van der Waals surface area contributed by atoms with Gasteiger partial charge in [0.05, 0.1) is 0 Å². The Morgan fingerprint density at radius 3 is 2.69 bits per heavy atom. The summed E-state index contributed by atoms with van der Waals surface area (Å²) < 4.78 is 19.1. The summed E-state index contributed by atoms with van der Waals surface area (Å²) in [6.07, 6.45) is 0. The number of halogens is 2. The van der Waals surface area contributed by atoms with Crippen LogP contribution < -0.4 is 11.3 Å². The van der Waals surface area contributed by atoms with Crippen LogP contribution in [0, 0.1) is 5.82 Å². The van der Waals surface area contributed by atoms with Gasteiger partial charge in [-0.2, -0.15) is 0 Å². The minimum atomic E-state index is -0.359. The van der Waals surface area contributed by atoms with E-state index in [2.05, 4.69) is 21.4 Å². The monoisotopic (exact) mass is 284 g/mol. The molecule has 0 spiro atoms. The molecule has 0 aliphatic heterocycles. The van der Waals surface area contributed by atoms with Crippen LogP contribution in [0.5, 0.6) is 0 Å². The van der Waals surface area contributed by atoms with Crippen molar-refractivity contribution in [1.29, 1.82) is 0 Å². The van der Waals surface area contributed by atoms with Gasteiger partial charge < -0.3 is 4.42 Å². The van der Waals surface area contributed by atoms with Crippen molar-refractivity contribution in [2.45, 2.75) is 6.04 Å². The number of benzene rings is 1. The molecule has 1 atom stereocenters. The van der Waals surface area contributed by atoms with Crippen LogP contribution in [0.1, 0.15) is 17.4 Å². The molecule has 1 aromatic carbocycles. The molecule has 3 nitrogen and oxygen atoms in total. The van der Waals surface area contributed by atoms with Gasteiger partial charge in [-0.25, -0.2) is 9.82 Å². The largest absolute Gasteiger partial charge is 0.452 e. The summed E-state index contributed by atoms with van der Waals surface area (Å²) in [4.78, 5) is 0. The lowest BCUT2D eigenvalue weighted by Gasteiger charge is -2.13. The van der Waals surface area contributed by atoms with Crippen molar-refractivity contribution in [3.63, 3.8) is 0 Å². The highest BCUT2D eigenvalue weighted by Crippen LogP contribution is 2.25. The summed E-state index contributed by atoms with van der Waals surface area (Å²) in [5, 5.41) is 0. The Morgan fingerprint density at radius 1 is 1.31 bits per heavy atom. The molecule has 0 saturated carbocycles. The Balaban J connectivity index is 2.36. The average molecular weight is 285 g/mol. The predicted octanol–water partition coefficient (Wildman–Crippen LogP) is 2.73. The zero-order valence-corrected chi connectivity index (χ0v) is 9.87. The zero-order valence-electron chi connectivity index (χ0n) is 8.28. The maximum atomic E-state index is 13.1. The molecule has 0 bridgehead atoms. The normalized spacial score (nSPS) is 12.7. The second kappa shape index (κ2) is 4.78. The van der Waals surface area contributed by atoms with E-state index in [9.17, 15) is 4.39 Å². The van der Waals surface area contributed by atoms with Crippen LogP contribution in [0.4, 0.5) is 4.39 Å². The minimum absolute atomic E-state index is 0.302. The Hall–Kier alpha value is -1.17. The average Bonchev–Trinajstić information content (AvgIpc) is 2.66. The predicted molar refractivity (Wildman–Crippen MR) is 62.0 cm³/mol. The van der Waals surface area contributed by atoms with Crippen molar-refractivity contribution in [3.05, 3.63) is 58.2 Å². The van der Waals surface area contributed by atoms with Crippen LogP contribution in [-0.2, 0) is 0 Å². The van der Waals surface area contributed by atoms with Crippen molar-refractivity contribution in [1.82, 2.24) is 5.43 Å². The van der Waals surface area contributed by atoms with E-state index >= 15 is 0 Å². The maximum Gasteiger partial charge on any atom is 0.169 e. The molecule has 0 aliphatic rings. The van der Waals surface area contributed by atoms with Gasteiger partial charge in [-0.05, 0) is 45.8 Å². The van der Waals surface area contributed by atoms with Crippen LogP contribution in [-0.4, -0.2) is 0 Å². The van der Waals surface area contributed by atoms with Crippen molar-refractivity contribution < 1.29 is 8.81 Å². The van der Waals surface area contributed by atoms with Crippen LogP contribution >= 0.6 is 15.9 Å². The summed E-state index contributed by atoms with van der Waals surface area (Å²) >= 11 is 3.21. The van der Waals surface area contributed by atoms with Crippen LogP contribution in [0.2, 0.25) is 0 Å². The summed E-state index contributed by atoms with van der Waals surface area (Å²) in [5.74, 6) is 5.77. The van der Waals surface area contributed by atoms with E-state index in [0.717, 1.165) is 0 Å². The fraction of sp³-hybridized carbons (Fsp3) is 0.0909. The number of nitrogens with one attached hydrogen (secondary N) is 1. The van der Waals surface area contributed by atoms with Crippen molar-refractivity contribution >= 4 is 15.9 Å². The van der Waals surface area contributed by atoms with Crippen molar-refractivity contribution in [3.8, 4) is 0 Å². The van der Waals surface area contributed by atoms with Crippen LogP contribution in [0.25, 0.3) is 0 Å². The third-order valence-electron chi connectivity index (χ3n) is 2.23. The Bertz CT molecular complexity index is 486. The fourth-order valence-electron chi connectivity index (χ4n) is 1.51. The van der Waals surface area contributed by atoms with Gasteiger partial charge in [0, 0.05) is 0 Å². The number of hydrogen-bond donors (Lipinski definition) is 2. The first kappa shape index (κ1) is 11.3. The van der Waals surface area contributed by atoms with Crippen LogP contribution in [0.15, 0.2) is 45.5 Å². The molecule has 5 heteroatoms. The topological polar surface area (TPSA) is 51.2 Å². The Labute approximate surface area is 101 Å². The number of hydrogen-bond acceptors (Lipinski definition) is 3. The Morgan fingerprint density at radius 2 is 2.12 bits per heavy atom. The number of rotatable bonds is 3. The maximum absolute atomic E-state index is 13.1. The standard InChI is InChI=1S/C11H10BrFN2O/c12-10-5-4-9(16-10)11(15-14)7-2-1-3-8(13)6-7/h1-6,11,15H,14H2. The smallest absolute Gasteiger partial charge is 0.169 e. The SMILES string of the molecule is NNC(c1cccc(F)c1)c1ccc(Br)o1. The number of hydrazine groups is 1. The van der Waals surface area contributed by atoms with Gasteiger partial charge >= 0.3 is 0 Å². The molecule has 1 unspecified atom stereocenters. The summed E-state index contributed by atoms with van der Waals surface area (Å²) in [6.45, 7) is 0. The first-order valence-electron chi connectivity index (χ1n) is 4.67. The Kier molecular flexibility index (Phi) is 3.38. The molecular weight excluding hydrogens is 275 g/mol. The number of nitrogens with two attached hydrogens (primary N) is 1. The third kappa shape index (κ3) is 2.32. The lowest BCUT2D eigenvalue weighted by atomic mass is 10.1. The second-order valence-corrected chi connectivity index (χ2v) is 4.08. The lowest BCUT2D eigenvalue weighted by molar-refractivity contribution is 0.436. The summed E-state index contributed by atoms with van der Waals surface area (Å²) in [6, 6.07) is 9.40. The highest BCUT2D eigenvalue weighted by atomic mass is 79.9. The van der Waals surface area contributed by atoms with Gasteiger partial charge in [0.15, 0.2) is 4.67 Å². The molecule has 0 aliphatic carbocycles. The van der Waals surface area contributed by atoms with Gasteiger partial charge in [-0.3, -0.25) is 5.84 Å². The van der Waals surface area contributed by atoms with Crippen LogP contribution in [0.3, 0.4) is 0 Å². The van der Waals surface area contributed by atoms with E-state index in [1.54, 1.807) is 24.3 Å². The van der Waals surface area contributed by atoms with E-state index in [-0.39, 0.29) is 11.9 Å². The fourth-order valence-corrected chi connectivity index (χ4v) is 1.83. The van der Waals surface area contributed by atoms with Crippen molar-refractivity contribution in [2.24, 2.45) is 5.84 Å². The molecule has 3 N–H and O–H groups in total. The van der Waals surface area contributed by atoms with E-state index in [1.807, 2.05) is 0 Å². The molecule has 0 fully saturated rings. The van der Waals surface area contributed by atoms with E-state index in [0.29, 0.717) is 16.0 Å². The summed E-state index contributed by atoms with van der Waals surface area (Å²) in [5.41, 5.74) is 3.31. The quantitative estimate of drug-likeness (QED) is 0.673. The molecule has 16 heavy (non-hydrogen) atoms. The van der Waals surface area contributed by atoms with E-state index in [1.165, 1.54) is 12.1 Å². The molecule has 2 aromatic rings. The van der Waals surface area contributed by atoms with E-state index < -0.39 is 0 Å². The molecule has 1 aromatic heterocycles.